The third-order valence-electron chi connectivity index (χ3n) is 5.98. The Kier molecular flexibility index (Phi) is 5.65. The molecule has 4 rings (SSSR count). The molecule has 2 aliphatic heterocycles. The molecule has 2 saturated heterocycles. The van der Waals surface area contributed by atoms with E-state index in [-0.39, 0.29) is 12.1 Å². The molecule has 2 fully saturated rings. The molecule has 4 atom stereocenters. The van der Waals surface area contributed by atoms with Crippen molar-refractivity contribution >= 4 is 23.3 Å². The van der Waals surface area contributed by atoms with Crippen LogP contribution < -0.4 is 15.5 Å². The van der Waals surface area contributed by atoms with Crippen molar-refractivity contribution in [2.45, 2.75) is 56.8 Å². The van der Waals surface area contributed by atoms with Gasteiger partial charge in [-0.15, -0.1) is 0 Å². The van der Waals surface area contributed by atoms with Crippen LogP contribution in [-0.4, -0.2) is 24.2 Å². The first kappa shape index (κ1) is 18.3. The van der Waals surface area contributed by atoms with Crippen LogP contribution in [0.25, 0.3) is 0 Å². The second kappa shape index (κ2) is 8.32. The van der Waals surface area contributed by atoms with Gasteiger partial charge < -0.3 is 15.5 Å². The van der Waals surface area contributed by atoms with E-state index >= 15 is 0 Å². The highest BCUT2D eigenvalue weighted by atomic mass is 35.5. The summed E-state index contributed by atoms with van der Waals surface area (Å²) in [7, 11) is 0. The molecule has 0 aliphatic carbocycles. The number of para-hydroxylation sites is 1. The molecule has 4 nitrogen and oxygen atoms in total. The summed E-state index contributed by atoms with van der Waals surface area (Å²) in [5, 5.41) is 6.94. The molecule has 5 heteroatoms. The minimum atomic E-state index is -0.0922. The Morgan fingerprint density at radius 1 is 1.00 bits per heavy atom. The molecule has 27 heavy (non-hydrogen) atoms. The van der Waals surface area contributed by atoms with Crippen molar-refractivity contribution in [2.24, 2.45) is 0 Å². The van der Waals surface area contributed by atoms with Crippen LogP contribution in [0.15, 0.2) is 54.6 Å². The Morgan fingerprint density at radius 2 is 1.67 bits per heavy atom. The number of anilines is 1. The number of carbonyl (C=O) groups is 1. The molecule has 2 bridgehead atoms. The van der Waals surface area contributed by atoms with E-state index in [1.807, 2.05) is 42.5 Å². The van der Waals surface area contributed by atoms with Gasteiger partial charge in [-0.25, -0.2) is 4.79 Å². The lowest BCUT2D eigenvalue weighted by Crippen LogP contribution is -3.20. The van der Waals surface area contributed by atoms with Gasteiger partial charge in [-0.2, -0.15) is 0 Å². The van der Waals surface area contributed by atoms with Gasteiger partial charge in [0.05, 0.1) is 12.1 Å². The summed E-state index contributed by atoms with van der Waals surface area (Å²) in [5.74, 6) is 0. The predicted octanol–water partition coefficient (Wildman–Crippen LogP) is 3.63. The number of quaternary nitrogens is 1. The van der Waals surface area contributed by atoms with Crippen molar-refractivity contribution in [1.82, 2.24) is 5.32 Å². The fourth-order valence-electron chi connectivity index (χ4n) is 4.75. The molecular formula is C22H27ClN3O+. The zero-order chi connectivity index (χ0) is 18.6. The van der Waals surface area contributed by atoms with Crippen molar-refractivity contribution < 1.29 is 9.69 Å². The summed E-state index contributed by atoms with van der Waals surface area (Å²) in [6.07, 6.45) is 5.92. The second-order valence-electron chi connectivity index (χ2n) is 7.84. The number of benzene rings is 2. The van der Waals surface area contributed by atoms with E-state index in [9.17, 15) is 4.79 Å². The lowest BCUT2D eigenvalue weighted by molar-refractivity contribution is -0.973. The van der Waals surface area contributed by atoms with Gasteiger partial charge >= 0.3 is 6.03 Å². The van der Waals surface area contributed by atoms with E-state index in [1.165, 1.54) is 24.8 Å². The highest BCUT2D eigenvalue weighted by Crippen LogP contribution is 2.23. The molecular weight excluding hydrogens is 358 g/mol. The monoisotopic (exact) mass is 384 g/mol. The lowest BCUT2D eigenvalue weighted by Gasteiger charge is -2.46. The number of hydrogen-bond acceptors (Lipinski definition) is 1. The first-order chi connectivity index (χ1) is 13.2. The molecule has 0 radical (unpaired) electrons. The van der Waals surface area contributed by atoms with Gasteiger partial charge in [-0.3, -0.25) is 0 Å². The van der Waals surface area contributed by atoms with Crippen LogP contribution in [0, 0.1) is 0 Å². The average molecular weight is 385 g/mol. The van der Waals surface area contributed by atoms with Crippen LogP contribution >= 0.6 is 11.6 Å². The number of amides is 2. The van der Waals surface area contributed by atoms with Crippen molar-refractivity contribution in [3.05, 3.63) is 65.2 Å². The van der Waals surface area contributed by atoms with Gasteiger partial charge in [0.25, 0.3) is 0 Å². The predicted molar refractivity (Wildman–Crippen MR) is 109 cm³/mol. The van der Waals surface area contributed by atoms with Gasteiger partial charge in [0, 0.05) is 35.2 Å². The minimum absolute atomic E-state index is 0.0922. The quantitative estimate of drug-likeness (QED) is 0.740. The van der Waals surface area contributed by atoms with Gasteiger partial charge in [-0.1, -0.05) is 41.9 Å². The fourth-order valence-corrected chi connectivity index (χ4v) is 4.88. The number of hydrogen-bond donors (Lipinski definition) is 3. The van der Waals surface area contributed by atoms with Crippen molar-refractivity contribution in [2.75, 3.05) is 5.32 Å². The number of halogens is 1. The number of urea groups is 1. The van der Waals surface area contributed by atoms with Gasteiger partial charge in [0.15, 0.2) is 0 Å². The van der Waals surface area contributed by atoms with E-state index < -0.39 is 0 Å². The van der Waals surface area contributed by atoms with Gasteiger partial charge in [0.2, 0.25) is 0 Å². The summed E-state index contributed by atoms with van der Waals surface area (Å²) < 4.78 is 0. The SMILES string of the molecule is O=C(Nc1ccccc1)NC1C[C@H]2CCC[C@@H](C1)[NH+]2Cc1ccc(Cl)cc1. The largest absolute Gasteiger partial charge is 0.335 e. The number of rotatable bonds is 4. The standard InChI is InChI=1S/C22H26ClN3O/c23-17-11-9-16(10-12-17)15-26-20-7-4-8-21(26)14-19(13-20)25-22(27)24-18-5-2-1-3-6-18/h1-3,5-6,9-12,19-21H,4,7-8,13-15H2,(H2,24,25,27)/p+1/t19?,20-,21+. The molecule has 2 aliphatic rings. The third-order valence-corrected chi connectivity index (χ3v) is 6.23. The molecule has 0 spiro atoms. The Morgan fingerprint density at radius 3 is 2.33 bits per heavy atom. The number of nitrogens with one attached hydrogen (secondary N) is 3. The lowest BCUT2D eigenvalue weighted by atomic mass is 9.81. The Labute approximate surface area is 165 Å². The van der Waals surface area contributed by atoms with E-state index in [0.29, 0.717) is 12.1 Å². The Hall–Kier alpha value is -2.04. The first-order valence-corrected chi connectivity index (χ1v) is 10.3. The van der Waals surface area contributed by atoms with Crippen LogP contribution in [0.2, 0.25) is 5.02 Å². The van der Waals surface area contributed by atoms with Crippen LogP contribution in [0.3, 0.4) is 0 Å². The molecule has 3 N–H and O–H groups in total. The molecule has 2 amide bonds. The Balaban J connectivity index is 1.36. The molecule has 2 aromatic carbocycles. The second-order valence-corrected chi connectivity index (χ2v) is 8.27. The van der Waals surface area contributed by atoms with E-state index in [0.717, 1.165) is 30.1 Å². The fraction of sp³-hybridized carbons (Fsp3) is 0.409. The van der Waals surface area contributed by atoms with Crippen LogP contribution in [-0.2, 0) is 6.54 Å². The highest BCUT2D eigenvalue weighted by Gasteiger charge is 2.42. The molecule has 142 valence electrons. The molecule has 0 saturated carbocycles. The molecule has 2 heterocycles. The maximum absolute atomic E-state index is 12.4. The van der Waals surface area contributed by atoms with Crippen LogP contribution in [0.4, 0.5) is 10.5 Å². The number of piperidine rings is 2. The highest BCUT2D eigenvalue weighted by molar-refractivity contribution is 6.30. The molecule has 0 aromatic heterocycles. The normalized spacial score (nSPS) is 27.0. The molecule has 2 aromatic rings. The zero-order valence-corrected chi connectivity index (χ0v) is 16.2. The third kappa shape index (κ3) is 4.63. The summed E-state index contributed by atoms with van der Waals surface area (Å²) >= 11 is 6.02. The number of fused-ring (bicyclic) bond motifs is 2. The van der Waals surface area contributed by atoms with Gasteiger partial charge in [0.1, 0.15) is 6.54 Å². The van der Waals surface area contributed by atoms with E-state index in [4.69, 9.17) is 11.6 Å². The summed E-state index contributed by atoms with van der Waals surface area (Å²) in [6.45, 7) is 1.05. The van der Waals surface area contributed by atoms with Crippen LogP contribution in [0.1, 0.15) is 37.7 Å². The van der Waals surface area contributed by atoms with Crippen molar-refractivity contribution in [3.63, 3.8) is 0 Å². The maximum Gasteiger partial charge on any atom is 0.319 e. The van der Waals surface area contributed by atoms with Crippen LogP contribution in [0.5, 0.6) is 0 Å². The minimum Gasteiger partial charge on any atom is -0.335 e. The van der Waals surface area contributed by atoms with Gasteiger partial charge in [-0.05, 0) is 43.5 Å². The smallest absolute Gasteiger partial charge is 0.319 e. The van der Waals surface area contributed by atoms with Crippen molar-refractivity contribution in [3.8, 4) is 0 Å². The first-order valence-electron chi connectivity index (χ1n) is 9.90. The summed E-state index contributed by atoms with van der Waals surface area (Å²) in [5.41, 5.74) is 2.18. The Bertz CT molecular complexity index is 751. The van der Waals surface area contributed by atoms with Crippen molar-refractivity contribution in [1.29, 1.82) is 0 Å². The maximum atomic E-state index is 12.4. The summed E-state index contributed by atoms with van der Waals surface area (Å²) in [4.78, 5) is 14.0. The average Bonchev–Trinajstić information content (AvgIpc) is 2.65. The van der Waals surface area contributed by atoms with E-state index in [2.05, 4.69) is 22.8 Å². The van der Waals surface area contributed by atoms with E-state index in [1.54, 1.807) is 4.90 Å². The number of carbonyl (C=O) groups excluding carboxylic acids is 1. The topological polar surface area (TPSA) is 45.6 Å². The molecule has 2 unspecified atom stereocenters. The zero-order valence-electron chi connectivity index (χ0n) is 15.5. The summed E-state index contributed by atoms with van der Waals surface area (Å²) in [6, 6.07) is 19.3.